The molecule has 0 radical (unpaired) electrons. The number of ether oxygens (including phenoxy) is 2. The van der Waals surface area contributed by atoms with Crippen LogP contribution in [0, 0.1) is 0 Å². The molecule has 8 heteroatoms. The normalized spacial score (nSPS) is 10.3. The molecule has 0 aliphatic carbocycles. The molecule has 2 aromatic rings. The van der Waals surface area contributed by atoms with E-state index >= 15 is 0 Å². The number of hydrogen-bond donors (Lipinski definition) is 2. The molecule has 0 fully saturated rings. The molecule has 1 aromatic carbocycles. The molecule has 2 N–H and O–H groups in total. The third-order valence-corrected chi connectivity index (χ3v) is 3.39. The molecule has 0 spiro atoms. The fraction of sp³-hybridized carbons (Fsp3) is 0.200. The molecule has 0 atom stereocenters. The molecule has 0 aliphatic heterocycles. The number of rotatable bonds is 9. The summed E-state index contributed by atoms with van der Waals surface area (Å²) in [5.74, 6) is -0.521. The Bertz CT molecular complexity index is 837. The van der Waals surface area contributed by atoms with Crippen molar-refractivity contribution in [2.45, 2.75) is 13.5 Å². The molecule has 2 rings (SSSR count). The summed E-state index contributed by atoms with van der Waals surface area (Å²) in [5.41, 5.74) is 3.64. The van der Waals surface area contributed by atoms with E-state index < -0.39 is 11.8 Å². The summed E-state index contributed by atoms with van der Waals surface area (Å²) >= 11 is 0. The van der Waals surface area contributed by atoms with Gasteiger partial charge >= 0.3 is 11.8 Å². The first-order valence-electron chi connectivity index (χ1n) is 8.64. The number of carbonyl (C=O) groups is 2. The fourth-order valence-corrected chi connectivity index (χ4v) is 2.12. The maximum absolute atomic E-state index is 11.8. The summed E-state index contributed by atoms with van der Waals surface area (Å²) in [6, 6.07) is 8.75. The minimum absolute atomic E-state index is 0.202. The first-order chi connectivity index (χ1) is 13.6. The Morgan fingerprint density at radius 2 is 2.07 bits per heavy atom. The van der Waals surface area contributed by atoms with Gasteiger partial charge in [-0.3, -0.25) is 14.6 Å². The zero-order chi connectivity index (χ0) is 20.2. The molecular weight excluding hydrogens is 360 g/mol. The van der Waals surface area contributed by atoms with Gasteiger partial charge in [0.25, 0.3) is 0 Å². The number of hydrogen-bond acceptors (Lipinski definition) is 6. The third-order valence-electron chi connectivity index (χ3n) is 3.39. The lowest BCUT2D eigenvalue weighted by atomic mass is 10.2. The van der Waals surface area contributed by atoms with Crippen molar-refractivity contribution in [3.63, 3.8) is 0 Å². The van der Waals surface area contributed by atoms with E-state index in [2.05, 4.69) is 27.4 Å². The summed E-state index contributed by atoms with van der Waals surface area (Å²) in [4.78, 5) is 27.5. The van der Waals surface area contributed by atoms with E-state index in [0.29, 0.717) is 30.3 Å². The van der Waals surface area contributed by atoms with Crippen LogP contribution in [0.1, 0.15) is 18.1 Å². The van der Waals surface area contributed by atoms with Gasteiger partial charge in [0.15, 0.2) is 11.5 Å². The van der Waals surface area contributed by atoms with Crippen molar-refractivity contribution in [2.24, 2.45) is 5.10 Å². The lowest BCUT2D eigenvalue weighted by Crippen LogP contribution is -2.37. The molecule has 0 saturated heterocycles. The maximum Gasteiger partial charge on any atom is 0.329 e. The van der Waals surface area contributed by atoms with E-state index in [9.17, 15) is 9.59 Å². The molecule has 28 heavy (non-hydrogen) atoms. The molecule has 1 aromatic heterocycles. The largest absolute Gasteiger partial charge is 0.490 e. The van der Waals surface area contributed by atoms with Gasteiger partial charge in [-0.1, -0.05) is 18.7 Å². The number of nitrogens with one attached hydrogen (secondary N) is 2. The van der Waals surface area contributed by atoms with Crippen LogP contribution in [0.4, 0.5) is 0 Å². The van der Waals surface area contributed by atoms with Crippen molar-refractivity contribution in [2.75, 3.05) is 13.2 Å². The van der Waals surface area contributed by atoms with Crippen molar-refractivity contribution >= 4 is 18.0 Å². The summed E-state index contributed by atoms with van der Waals surface area (Å²) in [6.07, 6.45) is 6.28. The fourth-order valence-electron chi connectivity index (χ4n) is 2.12. The predicted molar refractivity (Wildman–Crippen MR) is 105 cm³/mol. The molecule has 0 saturated carbocycles. The third kappa shape index (κ3) is 6.56. The van der Waals surface area contributed by atoms with Crippen LogP contribution in [0.25, 0.3) is 0 Å². The molecule has 2 amide bonds. The van der Waals surface area contributed by atoms with Crippen molar-refractivity contribution in [1.29, 1.82) is 0 Å². The Morgan fingerprint density at radius 1 is 1.21 bits per heavy atom. The zero-order valence-corrected chi connectivity index (χ0v) is 15.6. The summed E-state index contributed by atoms with van der Waals surface area (Å²) in [5, 5.41) is 6.29. The molecule has 0 aliphatic rings. The van der Waals surface area contributed by atoms with Crippen LogP contribution in [-0.2, 0) is 16.1 Å². The van der Waals surface area contributed by atoms with Gasteiger partial charge in [0.05, 0.1) is 12.8 Å². The highest BCUT2D eigenvalue weighted by atomic mass is 16.5. The molecule has 1 heterocycles. The average Bonchev–Trinajstić information content (AvgIpc) is 2.72. The van der Waals surface area contributed by atoms with Crippen LogP contribution in [-0.4, -0.2) is 36.2 Å². The van der Waals surface area contributed by atoms with Gasteiger partial charge in [0.2, 0.25) is 0 Å². The van der Waals surface area contributed by atoms with Gasteiger partial charge in [-0.25, -0.2) is 5.43 Å². The molecule has 0 unspecified atom stereocenters. The summed E-state index contributed by atoms with van der Waals surface area (Å²) in [7, 11) is 0. The average molecular weight is 382 g/mol. The Morgan fingerprint density at radius 3 is 2.79 bits per heavy atom. The van der Waals surface area contributed by atoms with Gasteiger partial charge < -0.3 is 14.8 Å². The van der Waals surface area contributed by atoms with E-state index in [0.717, 1.165) is 5.56 Å². The van der Waals surface area contributed by atoms with Crippen molar-refractivity contribution in [3.8, 4) is 11.5 Å². The molecular formula is C20H22N4O4. The van der Waals surface area contributed by atoms with Crippen molar-refractivity contribution in [3.05, 3.63) is 66.5 Å². The Balaban J connectivity index is 1.89. The van der Waals surface area contributed by atoms with Crippen LogP contribution in [0.5, 0.6) is 11.5 Å². The topological polar surface area (TPSA) is 102 Å². The highest BCUT2D eigenvalue weighted by Crippen LogP contribution is 2.28. The minimum Gasteiger partial charge on any atom is -0.490 e. The molecule has 8 nitrogen and oxygen atoms in total. The van der Waals surface area contributed by atoms with Gasteiger partial charge in [-0.05, 0) is 42.3 Å². The number of benzene rings is 1. The van der Waals surface area contributed by atoms with Crippen LogP contribution in [0.15, 0.2) is 60.5 Å². The molecule has 146 valence electrons. The number of nitrogens with zero attached hydrogens (tertiary/aromatic N) is 2. The smallest absolute Gasteiger partial charge is 0.329 e. The summed E-state index contributed by atoms with van der Waals surface area (Å²) < 4.78 is 11.1. The van der Waals surface area contributed by atoms with Gasteiger partial charge in [-0.15, -0.1) is 0 Å². The predicted octanol–water partition coefficient (Wildman–Crippen LogP) is 1.81. The second-order valence-electron chi connectivity index (χ2n) is 5.48. The van der Waals surface area contributed by atoms with E-state index in [1.54, 1.807) is 48.8 Å². The standard InChI is InChI=1S/C20H22N4O4/c1-3-10-28-17-8-7-15(11-18(17)27-4-2)14-23-24-20(26)19(25)22-13-16-6-5-9-21-12-16/h3,5-9,11-12,14H,1,4,10,13H2,2H3,(H,22,25)(H,24,26)/b23-14-. The highest BCUT2D eigenvalue weighted by Gasteiger charge is 2.12. The van der Waals surface area contributed by atoms with E-state index in [1.807, 2.05) is 6.92 Å². The van der Waals surface area contributed by atoms with Gasteiger partial charge in [0, 0.05) is 18.9 Å². The highest BCUT2D eigenvalue weighted by molar-refractivity contribution is 6.35. The van der Waals surface area contributed by atoms with Gasteiger partial charge in [-0.2, -0.15) is 5.10 Å². The van der Waals surface area contributed by atoms with E-state index in [1.165, 1.54) is 6.21 Å². The first-order valence-corrected chi connectivity index (χ1v) is 8.64. The number of amides is 2. The zero-order valence-electron chi connectivity index (χ0n) is 15.6. The lowest BCUT2D eigenvalue weighted by molar-refractivity contribution is -0.139. The number of hydrazone groups is 1. The van der Waals surface area contributed by atoms with Crippen LogP contribution in [0.3, 0.4) is 0 Å². The maximum atomic E-state index is 11.8. The van der Waals surface area contributed by atoms with Crippen LogP contribution < -0.4 is 20.2 Å². The minimum atomic E-state index is -0.865. The monoisotopic (exact) mass is 382 g/mol. The summed E-state index contributed by atoms with van der Waals surface area (Å²) in [6.45, 7) is 6.50. The number of carbonyl (C=O) groups excluding carboxylic acids is 2. The van der Waals surface area contributed by atoms with Crippen molar-refractivity contribution in [1.82, 2.24) is 15.7 Å². The van der Waals surface area contributed by atoms with E-state index in [-0.39, 0.29) is 6.54 Å². The van der Waals surface area contributed by atoms with Crippen molar-refractivity contribution < 1.29 is 19.1 Å². The Kier molecular flexibility index (Phi) is 8.19. The number of pyridine rings is 1. The Hall–Kier alpha value is -3.68. The van der Waals surface area contributed by atoms with E-state index in [4.69, 9.17) is 9.47 Å². The quantitative estimate of drug-likeness (QED) is 0.298. The molecule has 0 bridgehead atoms. The van der Waals surface area contributed by atoms with Crippen LogP contribution >= 0.6 is 0 Å². The van der Waals surface area contributed by atoms with Gasteiger partial charge in [0.1, 0.15) is 6.61 Å². The SMILES string of the molecule is C=CCOc1ccc(/C=N\NC(=O)C(=O)NCc2cccnc2)cc1OCC. The second kappa shape index (κ2) is 11.1. The first kappa shape index (κ1) is 20.6. The lowest BCUT2D eigenvalue weighted by Gasteiger charge is -2.11. The van der Waals surface area contributed by atoms with Crippen LogP contribution in [0.2, 0.25) is 0 Å². The Labute approximate surface area is 163 Å². The number of aromatic nitrogens is 1. The second-order valence-corrected chi connectivity index (χ2v) is 5.48.